The molecule has 16 nitrogen and oxygen atoms in total. The van der Waals surface area contributed by atoms with Gasteiger partial charge in [-0.25, -0.2) is 18.4 Å². The van der Waals surface area contributed by atoms with Gasteiger partial charge in [-0.05, 0) is 96.0 Å². The monoisotopic (exact) mass is 1180 g/mol. The van der Waals surface area contributed by atoms with Gasteiger partial charge in [-0.3, -0.25) is 29.4 Å². The smallest absolute Gasteiger partial charge is 0.362 e. The molecule has 2 heterocycles. The van der Waals surface area contributed by atoms with Gasteiger partial charge in [0, 0.05) is 44.1 Å². The maximum absolute atomic E-state index is 16.5. The summed E-state index contributed by atoms with van der Waals surface area (Å²) in [6.07, 6.45) is 1.77. The number of rotatable bonds is 30. The van der Waals surface area contributed by atoms with Crippen LogP contribution in [-0.2, 0) is 40.8 Å². The fourth-order valence-electron chi connectivity index (χ4n) is 10.9. The lowest BCUT2D eigenvalue weighted by atomic mass is 9.74. The summed E-state index contributed by atoms with van der Waals surface area (Å²) in [6.45, 7) is 7.03. The molecule has 3 atom stereocenters. The Morgan fingerprint density at radius 2 is 1.09 bits per heavy atom. The van der Waals surface area contributed by atoms with E-state index in [1.54, 1.807) is 6.07 Å². The zero-order valence-electron chi connectivity index (χ0n) is 48.7. The Morgan fingerprint density at radius 1 is 0.609 bits per heavy atom. The zero-order valence-corrected chi connectivity index (χ0v) is 48.7. The number of fused-ring (bicyclic) bond motifs is 1. The number of nitro benzene ring substituents is 1. The standard InChI is InChI=1S/C69H68F2N4O12/c1-45(2)59-62-46(3)55(63(74(62)67(59)78)69(80)87-68(79)51-29-31-52(32-30-51)75(81)82)40-73(39-19-37-72-66(77)54-34-36-58(84-42-48-22-11-5-12-23-48)65(61(54)71)86-44-50-26-15-7-16-27-50)38-18-8-17-28-56(76)53-33-35-57(83-41-47-20-9-4-10-21-47)64(60(53)70)85-43-49-24-13-6-14-25-49/h4-7,9-16,20-27,29-36,45-46,59,62H,8,17-19,28,37-44H2,1-3H3,(H,72,77)/t46-,59+,62+/m0/s1. The van der Waals surface area contributed by atoms with Gasteiger partial charge >= 0.3 is 11.9 Å². The molecule has 0 aliphatic carbocycles. The van der Waals surface area contributed by atoms with Crippen molar-refractivity contribution in [3.63, 3.8) is 0 Å². The largest absolute Gasteiger partial charge is 0.485 e. The third kappa shape index (κ3) is 15.5. The molecule has 1 fully saturated rings. The van der Waals surface area contributed by atoms with Crippen molar-refractivity contribution in [1.82, 2.24) is 15.1 Å². The SMILES string of the molecule is CC(C)[C@H]1C(=O)N2C(C(=O)OC(=O)c3ccc([N+](=O)[O-])cc3)=C(CN(CCCCCC(=O)c3ccc(OCc4ccccc4)c(OCc4ccccc4)c3F)CCCNC(=O)c3ccc(OCc4ccccc4)c(OCc4ccccc4)c3F)[C@H](C)[C@H]12. The molecule has 0 unspecified atom stereocenters. The number of non-ortho nitro benzene ring substituents is 1. The average Bonchev–Trinajstić information content (AvgIpc) is 1.58. The van der Waals surface area contributed by atoms with E-state index in [2.05, 4.69) is 5.32 Å². The third-order valence-electron chi connectivity index (χ3n) is 15.5. The number of carbonyl (C=O) groups excluding carboxylic acids is 5. The number of nitro groups is 1. The van der Waals surface area contributed by atoms with Gasteiger partial charge in [-0.1, -0.05) is 149 Å². The summed E-state index contributed by atoms with van der Waals surface area (Å²) in [5.41, 5.74) is 3.01. The molecule has 0 saturated carbocycles. The zero-order chi connectivity index (χ0) is 61.4. The Balaban J connectivity index is 0.908. The van der Waals surface area contributed by atoms with Crippen LogP contribution >= 0.6 is 0 Å². The fraction of sp³-hybridized carbons (Fsp3) is 0.290. The van der Waals surface area contributed by atoms with Crippen LogP contribution in [0.15, 0.2) is 181 Å². The first-order valence-corrected chi connectivity index (χ1v) is 29.1. The van der Waals surface area contributed by atoms with Gasteiger partial charge in [0.25, 0.3) is 11.6 Å². The van der Waals surface area contributed by atoms with E-state index in [0.29, 0.717) is 44.3 Å². The van der Waals surface area contributed by atoms with E-state index in [9.17, 15) is 34.1 Å². The normalized spacial score (nSPS) is 15.2. The van der Waals surface area contributed by atoms with Gasteiger partial charge in [0.2, 0.25) is 5.91 Å². The average molecular weight is 1180 g/mol. The van der Waals surface area contributed by atoms with E-state index >= 15 is 8.78 Å². The molecule has 2 aliphatic rings. The number of hydrogen-bond acceptors (Lipinski definition) is 13. The van der Waals surface area contributed by atoms with E-state index in [1.165, 1.54) is 35.2 Å². The Hall–Kier alpha value is -9.55. The minimum Gasteiger partial charge on any atom is -0.485 e. The van der Waals surface area contributed by atoms with E-state index in [1.807, 2.05) is 147 Å². The molecule has 1 saturated heterocycles. The summed E-state index contributed by atoms with van der Waals surface area (Å²) in [7, 11) is 0. The molecule has 0 spiro atoms. The first-order valence-electron chi connectivity index (χ1n) is 29.1. The molecular weight excluding hydrogens is 1110 g/mol. The molecule has 0 aromatic heterocycles. The molecule has 18 heteroatoms. The maximum Gasteiger partial charge on any atom is 0.362 e. The van der Waals surface area contributed by atoms with Gasteiger partial charge in [-0.2, -0.15) is 0 Å². The van der Waals surface area contributed by atoms with Crippen LogP contribution in [0.4, 0.5) is 14.5 Å². The second-order valence-corrected chi connectivity index (χ2v) is 21.8. The van der Waals surface area contributed by atoms with Crippen molar-refractivity contribution >= 4 is 35.2 Å². The van der Waals surface area contributed by atoms with Crippen LogP contribution in [-0.4, -0.2) is 76.5 Å². The Kier molecular flexibility index (Phi) is 21.0. The summed E-state index contributed by atoms with van der Waals surface area (Å²) in [4.78, 5) is 83.4. The van der Waals surface area contributed by atoms with E-state index in [4.69, 9.17) is 23.7 Å². The number of unbranched alkanes of at least 4 members (excludes halogenated alkanes) is 2. The third-order valence-corrected chi connectivity index (χ3v) is 15.5. The number of β-lactam (4-membered cyclic amide) rings is 1. The van der Waals surface area contributed by atoms with Crippen LogP contribution in [0.2, 0.25) is 0 Å². The molecular formula is C69H68F2N4O12. The van der Waals surface area contributed by atoms with Gasteiger partial charge in [-0.15, -0.1) is 0 Å². The maximum atomic E-state index is 16.5. The number of nitrogens with zero attached hydrogens (tertiary/aromatic N) is 3. The van der Waals surface area contributed by atoms with Gasteiger partial charge in [0.1, 0.15) is 32.1 Å². The quantitative estimate of drug-likeness (QED) is 0.00851. The number of esters is 2. The van der Waals surface area contributed by atoms with Crippen molar-refractivity contribution in [2.24, 2.45) is 17.8 Å². The topological polar surface area (TPSA) is 193 Å². The molecule has 1 N–H and O–H groups in total. The second kappa shape index (κ2) is 29.5. The van der Waals surface area contributed by atoms with Crippen molar-refractivity contribution in [3.8, 4) is 23.0 Å². The Bertz CT molecular complexity index is 3590. The summed E-state index contributed by atoms with van der Waals surface area (Å²) in [5, 5.41) is 14.2. The van der Waals surface area contributed by atoms with Crippen molar-refractivity contribution in [2.45, 2.75) is 85.3 Å². The van der Waals surface area contributed by atoms with E-state index in [-0.39, 0.29) is 115 Å². The lowest BCUT2D eigenvalue weighted by Gasteiger charge is -2.47. The van der Waals surface area contributed by atoms with Crippen LogP contribution in [0.1, 0.15) is 106 Å². The predicted octanol–water partition coefficient (Wildman–Crippen LogP) is 12.8. The van der Waals surface area contributed by atoms with Crippen LogP contribution in [0, 0.1) is 39.5 Å². The molecule has 2 aliphatic heterocycles. The number of carbonyl (C=O) groups is 5. The summed E-state index contributed by atoms with van der Waals surface area (Å²) < 4.78 is 62.5. The van der Waals surface area contributed by atoms with Crippen molar-refractivity contribution in [3.05, 3.63) is 242 Å². The number of benzene rings is 7. The van der Waals surface area contributed by atoms with E-state index in [0.717, 1.165) is 34.4 Å². The van der Waals surface area contributed by atoms with E-state index < -0.39 is 52.1 Å². The van der Waals surface area contributed by atoms with Gasteiger partial charge < -0.3 is 33.9 Å². The molecule has 7 aromatic rings. The molecule has 0 radical (unpaired) electrons. The number of ether oxygens (including phenoxy) is 5. The number of nitrogens with one attached hydrogen (secondary N) is 1. The van der Waals surface area contributed by atoms with Crippen molar-refractivity contribution < 1.29 is 61.4 Å². The van der Waals surface area contributed by atoms with Gasteiger partial charge in [0.05, 0.1) is 33.6 Å². The number of ketones is 1. The molecule has 0 bridgehead atoms. The summed E-state index contributed by atoms with van der Waals surface area (Å²) in [6, 6.07) is 47.2. The summed E-state index contributed by atoms with van der Waals surface area (Å²) >= 11 is 0. The molecule has 9 rings (SSSR count). The lowest BCUT2D eigenvalue weighted by molar-refractivity contribution is -0.384. The van der Waals surface area contributed by atoms with Crippen molar-refractivity contribution in [1.29, 1.82) is 0 Å². The predicted molar refractivity (Wildman–Crippen MR) is 321 cm³/mol. The van der Waals surface area contributed by atoms with Crippen LogP contribution in [0.3, 0.4) is 0 Å². The van der Waals surface area contributed by atoms with Crippen molar-refractivity contribution in [2.75, 3.05) is 26.2 Å². The van der Waals surface area contributed by atoms with Crippen LogP contribution in [0.5, 0.6) is 23.0 Å². The van der Waals surface area contributed by atoms with Crippen LogP contribution in [0.25, 0.3) is 0 Å². The first-order chi connectivity index (χ1) is 42.2. The second-order valence-electron chi connectivity index (χ2n) is 21.8. The minimum atomic E-state index is -1.06. The highest BCUT2D eigenvalue weighted by atomic mass is 19.1. The summed E-state index contributed by atoms with van der Waals surface area (Å²) in [5.74, 6) is -6.21. The minimum absolute atomic E-state index is 0.00990. The molecule has 7 aromatic carbocycles. The number of hydrogen-bond donors (Lipinski definition) is 1. The van der Waals surface area contributed by atoms with Crippen LogP contribution < -0.4 is 24.3 Å². The number of amides is 2. The number of halogens is 2. The molecule has 450 valence electrons. The fourth-order valence-corrected chi connectivity index (χ4v) is 10.9. The Morgan fingerprint density at radius 3 is 1.60 bits per heavy atom. The highest BCUT2D eigenvalue weighted by Crippen LogP contribution is 2.49. The first kappa shape index (κ1) is 62.0. The van der Waals surface area contributed by atoms with Gasteiger partial charge in [0.15, 0.2) is 40.4 Å². The highest BCUT2D eigenvalue weighted by molar-refractivity contribution is 6.06. The molecule has 2 amide bonds. The Labute approximate surface area is 503 Å². The highest BCUT2D eigenvalue weighted by Gasteiger charge is 2.59. The number of Topliss-reactive ketones (excluding diaryl/α,β-unsaturated/α-hetero) is 1. The lowest BCUT2D eigenvalue weighted by Crippen LogP contribution is -2.62. The molecule has 87 heavy (non-hydrogen) atoms.